The van der Waals surface area contributed by atoms with Crippen molar-refractivity contribution in [2.24, 2.45) is 0 Å². The van der Waals surface area contributed by atoms with Gasteiger partial charge in [-0.15, -0.1) is 0 Å². The number of nitrogens with zero attached hydrogens (tertiary/aromatic N) is 1. The van der Waals surface area contributed by atoms with Gasteiger partial charge < -0.3 is 15.0 Å². The fourth-order valence-corrected chi connectivity index (χ4v) is 3.77. The third-order valence-corrected chi connectivity index (χ3v) is 5.32. The molecule has 1 N–H and O–H groups in total. The molecule has 4 nitrogen and oxygen atoms in total. The number of hydrogen-bond donors (Lipinski definition) is 1. The van der Waals surface area contributed by atoms with Crippen molar-refractivity contribution < 1.29 is 9.53 Å². The predicted molar refractivity (Wildman–Crippen MR) is 117 cm³/mol. The van der Waals surface area contributed by atoms with Crippen LogP contribution in [0.1, 0.15) is 57.6 Å². The van der Waals surface area contributed by atoms with Crippen molar-refractivity contribution in [3.8, 4) is 11.1 Å². The summed E-state index contributed by atoms with van der Waals surface area (Å²) in [5.41, 5.74) is 7.01. The molecule has 28 heavy (non-hydrogen) atoms. The van der Waals surface area contributed by atoms with Gasteiger partial charge in [-0.1, -0.05) is 39.8 Å². The molecule has 1 aliphatic heterocycles. The number of carbonyl (C=O) groups is 1. The zero-order valence-electron chi connectivity index (χ0n) is 17.7. The molecule has 1 fully saturated rings. The van der Waals surface area contributed by atoms with Crippen molar-refractivity contribution in [1.29, 1.82) is 0 Å². The fraction of sp³-hybridized carbons (Fsp3) is 0.458. The molecule has 0 spiro atoms. The van der Waals surface area contributed by atoms with E-state index in [2.05, 4.69) is 74.3 Å². The van der Waals surface area contributed by atoms with Gasteiger partial charge >= 0.3 is 0 Å². The Bertz CT molecular complexity index is 790. The van der Waals surface area contributed by atoms with E-state index in [4.69, 9.17) is 4.74 Å². The van der Waals surface area contributed by atoms with Crippen molar-refractivity contribution in [2.45, 2.75) is 46.5 Å². The maximum absolute atomic E-state index is 11.8. The van der Waals surface area contributed by atoms with Crippen LogP contribution < -0.4 is 10.2 Å². The summed E-state index contributed by atoms with van der Waals surface area (Å²) in [6, 6.07) is 13.3. The van der Waals surface area contributed by atoms with E-state index in [0.717, 1.165) is 32.0 Å². The minimum atomic E-state index is -0.0218. The Morgan fingerprint density at radius 2 is 1.46 bits per heavy atom. The van der Waals surface area contributed by atoms with Crippen molar-refractivity contribution in [3.63, 3.8) is 0 Å². The lowest BCUT2D eigenvalue weighted by atomic mass is 9.88. The van der Waals surface area contributed by atoms with E-state index in [1.807, 2.05) is 0 Å². The Morgan fingerprint density at radius 1 is 0.929 bits per heavy atom. The van der Waals surface area contributed by atoms with Crippen LogP contribution in [0.5, 0.6) is 0 Å². The monoisotopic (exact) mass is 380 g/mol. The maximum atomic E-state index is 11.8. The molecule has 0 radical (unpaired) electrons. The van der Waals surface area contributed by atoms with Crippen molar-refractivity contribution in [2.75, 3.05) is 36.5 Å². The summed E-state index contributed by atoms with van der Waals surface area (Å²) in [5, 5.41) is 3.08. The molecule has 1 heterocycles. The summed E-state index contributed by atoms with van der Waals surface area (Å²) >= 11 is 0. The van der Waals surface area contributed by atoms with Crippen LogP contribution in [0.4, 0.5) is 11.4 Å². The van der Waals surface area contributed by atoms with E-state index in [1.54, 1.807) is 6.92 Å². The second kappa shape index (κ2) is 8.78. The smallest absolute Gasteiger partial charge is 0.221 e. The second-order valence-electron chi connectivity index (χ2n) is 8.17. The van der Waals surface area contributed by atoms with Crippen molar-refractivity contribution in [3.05, 3.63) is 47.5 Å². The molecular weight excluding hydrogens is 348 g/mol. The Labute approximate surface area is 168 Å². The molecule has 1 aliphatic rings. The summed E-state index contributed by atoms with van der Waals surface area (Å²) in [6.45, 7) is 13.8. The van der Waals surface area contributed by atoms with E-state index in [-0.39, 0.29) is 5.91 Å². The lowest BCUT2D eigenvalue weighted by Crippen LogP contribution is -2.36. The average molecular weight is 381 g/mol. The number of hydrogen-bond acceptors (Lipinski definition) is 3. The van der Waals surface area contributed by atoms with Crippen LogP contribution >= 0.6 is 0 Å². The number of carbonyl (C=O) groups excluding carboxylic acids is 1. The molecule has 2 aromatic rings. The molecule has 0 unspecified atom stereocenters. The van der Waals surface area contributed by atoms with E-state index in [1.165, 1.54) is 27.9 Å². The average Bonchev–Trinajstić information content (AvgIpc) is 2.68. The van der Waals surface area contributed by atoms with Gasteiger partial charge in [-0.2, -0.15) is 0 Å². The van der Waals surface area contributed by atoms with Crippen LogP contribution in [0.3, 0.4) is 0 Å². The molecule has 4 heteroatoms. The highest BCUT2D eigenvalue weighted by Crippen LogP contribution is 2.37. The zero-order valence-corrected chi connectivity index (χ0v) is 17.7. The first-order chi connectivity index (χ1) is 13.4. The number of morpholine rings is 1. The Kier molecular flexibility index (Phi) is 6.40. The predicted octanol–water partition coefficient (Wildman–Crippen LogP) is 5.40. The van der Waals surface area contributed by atoms with Crippen LogP contribution in [-0.2, 0) is 9.53 Å². The fourth-order valence-electron chi connectivity index (χ4n) is 3.77. The molecule has 3 rings (SSSR count). The quantitative estimate of drug-likeness (QED) is 0.755. The van der Waals surface area contributed by atoms with E-state index >= 15 is 0 Å². The third kappa shape index (κ3) is 4.56. The van der Waals surface area contributed by atoms with Crippen molar-refractivity contribution in [1.82, 2.24) is 0 Å². The Hall–Kier alpha value is -2.33. The van der Waals surface area contributed by atoms with Crippen LogP contribution in [0.25, 0.3) is 11.1 Å². The Morgan fingerprint density at radius 3 is 1.93 bits per heavy atom. The lowest BCUT2D eigenvalue weighted by Gasteiger charge is -2.29. The highest BCUT2D eigenvalue weighted by atomic mass is 16.5. The normalized spacial score (nSPS) is 14.6. The highest BCUT2D eigenvalue weighted by molar-refractivity contribution is 5.91. The number of amides is 1. The van der Waals surface area contributed by atoms with Crippen LogP contribution in [0, 0.1) is 0 Å². The number of ether oxygens (including phenoxy) is 1. The van der Waals surface area contributed by atoms with Gasteiger partial charge in [0.15, 0.2) is 0 Å². The van der Waals surface area contributed by atoms with Gasteiger partial charge in [0.05, 0.1) is 13.2 Å². The summed E-state index contributed by atoms with van der Waals surface area (Å²) in [5.74, 6) is 0.630. The molecule has 150 valence electrons. The number of benzene rings is 2. The molecule has 0 atom stereocenters. The first kappa shape index (κ1) is 20.4. The van der Waals surface area contributed by atoms with Crippen LogP contribution in [0.2, 0.25) is 0 Å². The van der Waals surface area contributed by atoms with Gasteiger partial charge in [0, 0.05) is 31.4 Å². The Balaban J connectivity index is 2.00. The molecule has 0 saturated carbocycles. The number of nitrogens with one attached hydrogen (secondary N) is 1. The van der Waals surface area contributed by atoms with Gasteiger partial charge in [0.2, 0.25) is 5.91 Å². The molecule has 0 bridgehead atoms. The minimum absolute atomic E-state index is 0.0218. The standard InChI is InChI=1S/C24H32N2O2/c1-16(2)22-14-20(15-23(17(3)4)24(22)25-18(5)27)19-6-8-21(9-7-19)26-10-12-28-13-11-26/h6-9,14-17H,10-13H2,1-5H3,(H,25,27). The van der Waals surface area contributed by atoms with Crippen LogP contribution in [-0.4, -0.2) is 32.2 Å². The summed E-state index contributed by atoms with van der Waals surface area (Å²) in [4.78, 5) is 14.1. The summed E-state index contributed by atoms with van der Waals surface area (Å²) in [6.07, 6.45) is 0. The molecule has 0 aromatic heterocycles. The van der Waals surface area contributed by atoms with Gasteiger partial charge in [-0.05, 0) is 58.4 Å². The third-order valence-electron chi connectivity index (χ3n) is 5.32. The van der Waals surface area contributed by atoms with Gasteiger partial charge in [0.25, 0.3) is 0 Å². The lowest BCUT2D eigenvalue weighted by molar-refractivity contribution is -0.114. The molecule has 0 aliphatic carbocycles. The largest absolute Gasteiger partial charge is 0.378 e. The second-order valence-corrected chi connectivity index (χ2v) is 8.17. The van der Waals surface area contributed by atoms with Gasteiger partial charge in [-0.25, -0.2) is 0 Å². The van der Waals surface area contributed by atoms with E-state index < -0.39 is 0 Å². The molecule has 2 aromatic carbocycles. The van der Waals surface area contributed by atoms with E-state index in [0.29, 0.717) is 11.8 Å². The van der Waals surface area contributed by atoms with Gasteiger partial charge in [0.1, 0.15) is 0 Å². The summed E-state index contributed by atoms with van der Waals surface area (Å²) in [7, 11) is 0. The highest BCUT2D eigenvalue weighted by Gasteiger charge is 2.18. The minimum Gasteiger partial charge on any atom is -0.378 e. The molecule has 1 amide bonds. The van der Waals surface area contributed by atoms with Crippen LogP contribution in [0.15, 0.2) is 36.4 Å². The van der Waals surface area contributed by atoms with Gasteiger partial charge in [-0.3, -0.25) is 4.79 Å². The molecule has 1 saturated heterocycles. The zero-order chi connectivity index (χ0) is 20.3. The van der Waals surface area contributed by atoms with Crippen molar-refractivity contribution >= 4 is 17.3 Å². The first-order valence-corrected chi connectivity index (χ1v) is 10.3. The maximum Gasteiger partial charge on any atom is 0.221 e. The number of rotatable bonds is 5. The first-order valence-electron chi connectivity index (χ1n) is 10.3. The SMILES string of the molecule is CC(=O)Nc1c(C(C)C)cc(-c2ccc(N3CCOCC3)cc2)cc1C(C)C. The van der Waals surface area contributed by atoms with E-state index in [9.17, 15) is 4.79 Å². The molecular formula is C24H32N2O2. The number of anilines is 2. The topological polar surface area (TPSA) is 41.6 Å². The summed E-state index contributed by atoms with van der Waals surface area (Å²) < 4.78 is 5.45.